The predicted molar refractivity (Wildman–Crippen MR) is 162 cm³/mol. The van der Waals surface area contributed by atoms with Gasteiger partial charge in [-0.05, 0) is 61.7 Å². The highest BCUT2D eigenvalue weighted by Crippen LogP contribution is 2.38. The van der Waals surface area contributed by atoms with Gasteiger partial charge in [0.05, 0.1) is 35.6 Å². The fourth-order valence-corrected chi connectivity index (χ4v) is 6.25. The van der Waals surface area contributed by atoms with Crippen molar-refractivity contribution in [3.8, 4) is 22.4 Å². The summed E-state index contributed by atoms with van der Waals surface area (Å²) in [6, 6.07) is 12.3. The number of carbonyl (C=O) groups excluding carboxylic acids is 3. The summed E-state index contributed by atoms with van der Waals surface area (Å²) in [4.78, 5) is 39.6. The molecule has 0 radical (unpaired) electrons. The zero-order valence-corrected chi connectivity index (χ0v) is 24.4. The molecular formula is C31H25Cl2FN6O3. The van der Waals surface area contributed by atoms with Crippen LogP contribution in [0.1, 0.15) is 30.1 Å². The monoisotopic (exact) mass is 618 g/mol. The third-order valence-electron chi connectivity index (χ3n) is 7.84. The van der Waals surface area contributed by atoms with Gasteiger partial charge in [-0.15, -0.1) is 0 Å². The molecule has 1 aliphatic rings. The first-order chi connectivity index (χ1) is 20.7. The minimum atomic E-state index is -1.30. The van der Waals surface area contributed by atoms with Crippen molar-refractivity contribution in [3.63, 3.8) is 0 Å². The van der Waals surface area contributed by atoms with E-state index in [-0.39, 0.29) is 31.0 Å². The second-order valence-electron chi connectivity index (χ2n) is 10.6. The third kappa shape index (κ3) is 5.68. The van der Waals surface area contributed by atoms with Gasteiger partial charge in [0.1, 0.15) is 11.9 Å². The van der Waals surface area contributed by atoms with Crippen LogP contribution in [0.15, 0.2) is 67.3 Å². The second-order valence-corrected chi connectivity index (χ2v) is 11.4. The van der Waals surface area contributed by atoms with Gasteiger partial charge in [-0.1, -0.05) is 29.3 Å². The van der Waals surface area contributed by atoms with E-state index < -0.39 is 23.9 Å². The number of Topliss-reactive ketones (excluding diaryl/α,β-unsaturated/α-hetero) is 2. The Labute approximate surface area is 255 Å². The number of halogens is 3. The summed E-state index contributed by atoms with van der Waals surface area (Å²) < 4.78 is 16.4. The maximum atomic E-state index is 14.7. The SMILES string of the molecule is CC(=O)c1cn(CC(=O)C2C[C@H](F)C[C@H]2C(=O)Nc2c[nH]nc2-c2ccc(Cl)cc2Cl)c2ccc(-c3ccnnc3)cc12. The molecule has 43 heavy (non-hydrogen) atoms. The molecule has 1 unspecified atom stereocenters. The van der Waals surface area contributed by atoms with Crippen molar-refractivity contribution in [1.82, 2.24) is 25.0 Å². The van der Waals surface area contributed by atoms with Crippen LogP contribution >= 0.6 is 23.2 Å². The van der Waals surface area contributed by atoms with E-state index in [4.69, 9.17) is 23.2 Å². The molecule has 0 bridgehead atoms. The van der Waals surface area contributed by atoms with Gasteiger partial charge in [0, 0.05) is 50.9 Å². The molecule has 1 saturated carbocycles. The molecule has 1 aliphatic carbocycles. The van der Waals surface area contributed by atoms with Gasteiger partial charge in [0.25, 0.3) is 0 Å². The number of aromatic nitrogens is 5. The number of alkyl halides is 1. The molecule has 1 amide bonds. The summed E-state index contributed by atoms with van der Waals surface area (Å²) in [6.45, 7) is 1.35. The van der Waals surface area contributed by atoms with E-state index in [9.17, 15) is 18.8 Å². The first kappa shape index (κ1) is 28.7. The zero-order chi connectivity index (χ0) is 30.2. The van der Waals surface area contributed by atoms with Crippen molar-refractivity contribution in [2.24, 2.45) is 11.8 Å². The maximum Gasteiger partial charge on any atom is 0.228 e. The van der Waals surface area contributed by atoms with E-state index in [0.29, 0.717) is 43.5 Å². The number of nitrogens with zero attached hydrogens (tertiary/aromatic N) is 4. The molecule has 3 aromatic heterocycles. The molecule has 3 heterocycles. The fraction of sp³-hybridized carbons (Fsp3) is 0.226. The van der Waals surface area contributed by atoms with E-state index in [1.165, 1.54) is 13.1 Å². The highest BCUT2D eigenvalue weighted by atomic mass is 35.5. The predicted octanol–water partition coefficient (Wildman–Crippen LogP) is 6.57. The smallest absolute Gasteiger partial charge is 0.228 e. The lowest BCUT2D eigenvalue weighted by atomic mass is 9.91. The molecule has 9 nitrogen and oxygen atoms in total. The highest BCUT2D eigenvalue weighted by Gasteiger charge is 2.43. The van der Waals surface area contributed by atoms with Crippen LogP contribution in [0.2, 0.25) is 10.0 Å². The number of nitrogens with one attached hydrogen (secondary N) is 2. The van der Waals surface area contributed by atoms with Crippen LogP contribution in [-0.4, -0.2) is 48.6 Å². The van der Waals surface area contributed by atoms with Gasteiger partial charge in [0.15, 0.2) is 11.6 Å². The van der Waals surface area contributed by atoms with Crippen molar-refractivity contribution < 1.29 is 18.8 Å². The average molecular weight is 619 g/mol. The van der Waals surface area contributed by atoms with Gasteiger partial charge in [-0.3, -0.25) is 19.5 Å². The Hall–Kier alpha value is -4.41. The largest absolute Gasteiger partial charge is 0.339 e. The molecule has 2 N–H and O–H groups in total. The molecule has 0 aliphatic heterocycles. The Kier molecular flexibility index (Phi) is 7.81. The van der Waals surface area contributed by atoms with Crippen molar-refractivity contribution in [3.05, 3.63) is 82.9 Å². The Morgan fingerprint density at radius 1 is 1.05 bits per heavy atom. The average Bonchev–Trinajstić information content (AvgIpc) is 3.70. The van der Waals surface area contributed by atoms with E-state index >= 15 is 0 Å². The minimum absolute atomic E-state index is 0.0594. The van der Waals surface area contributed by atoms with Crippen molar-refractivity contribution in [2.75, 3.05) is 5.32 Å². The van der Waals surface area contributed by atoms with Crippen LogP contribution in [0, 0.1) is 11.8 Å². The number of benzene rings is 2. The quantitative estimate of drug-likeness (QED) is 0.190. The molecule has 12 heteroatoms. The van der Waals surface area contributed by atoms with Crippen molar-refractivity contribution in [1.29, 1.82) is 0 Å². The van der Waals surface area contributed by atoms with Crippen LogP contribution < -0.4 is 5.32 Å². The molecule has 5 aromatic rings. The fourth-order valence-electron chi connectivity index (χ4n) is 5.75. The van der Waals surface area contributed by atoms with Gasteiger partial charge in [-0.2, -0.15) is 15.3 Å². The lowest BCUT2D eigenvalue weighted by molar-refractivity contribution is -0.130. The lowest BCUT2D eigenvalue weighted by Gasteiger charge is -2.18. The van der Waals surface area contributed by atoms with Crippen LogP contribution in [-0.2, 0) is 16.1 Å². The normalized spacial score (nSPS) is 18.2. The molecule has 218 valence electrons. The number of anilines is 1. The van der Waals surface area contributed by atoms with Crippen LogP contribution in [0.4, 0.5) is 10.1 Å². The third-order valence-corrected chi connectivity index (χ3v) is 8.39. The number of ketones is 2. The van der Waals surface area contributed by atoms with E-state index in [2.05, 4.69) is 25.7 Å². The first-order valence-electron chi connectivity index (χ1n) is 13.6. The topological polar surface area (TPSA) is 123 Å². The molecule has 0 spiro atoms. The summed E-state index contributed by atoms with van der Waals surface area (Å²) in [7, 11) is 0. The van der Waals surface area contributed by atoms with E-state index in [1.807, 2.05) is 24.3 Å². The molecular weight excluding hydrogens is 594 g/mol. The van der Waals surface area contributed by atoms with E-state index in [0.717, 1.165) is 11.1 Å². The number of aromatic amines is 1. The van der Waals surface area contributed by atoms with Crippen molar-refractivity contribution >= 4 is 57.3 Å². The number of hydrogen-bond donors (Lipinski definition) is 2. The Morgan fingerprint density at radius 3 is 2.60 bits per heavy atom. The van der Waals surface area contributed by atoms with Crippen LogP contribution in [0.3, 0.4) is 0 Å². The number of rotatable bonds is 8. The molecule has 2 aromatic carbocycles. The van der Waals surface area contributed by atoms with Gasteiger partial charge < -0.3 is 9.88 Å². The number of fused-ring (bicyclic) bond motifs is 1. The van der Waals surface area contributed by atoms with Gasteiger partial charge in [0.2, 0.25) is 5.91 Å². The van der Waals surface area contributed by atoms with Crippen molar-refractivity contribution in [2.45, 2.75) is 32.5 Å². The molecule has 3 atom stereocenters. The Morgan fingerprint density at radius 2 is 1.86 bits per heavy atom. The minimum Gasteiger partial charge on any atom is -0.339 e. The first-order valence-corrected chi connectivity index (χ1v) is 14.3. The summed E-state index contributed by atoms with van der Waals surface area (Å²) in [5.74, 6) is -2.65. The summed E-state index contributed by atoms with van der Waals surface area (Å²) in [6.07, 6.45) is 4.92. The standard InChI is InChI=1S/C31H25Cl2FN6O3/c1-16(41)25-14-40(28-5-2-17(8-22(25)28)18-6-7-35-36-12-18)15-29(42)23-10-20(34)11-24(23)31(43)38-27-13-37-39-30(27)21-4-3-19(32)9-26(21)33/h2-9,12-14,20,23-24H,10-11,15H2,1H3,(H,37,39)(H,38,43)/t20-,23?,24+/m0/s1. The van der Waals surface area contributed by atoms with E-state index in [1.54, 1.807) is 41.4 Å². The van der Waals surface area contributed by atoms with Crippen LogP contribution in [0.5, 0.6) is 0 Å². The lowest BCUT2D eigenvalue weighted by Crippen LogP contribution is -2.31. The second kappa shape index (κ2) is 11.7. The number of carbonyl (C=O) groups is 3. The molecule has 6 rings (SSSR count). The number of H-pyrrole nitrogens is 1. The summed E-state index contributed by atoms with van der Waals surface area (Å²) in [5.41, 5.74) is 4.13. The Balaban J connectivity index is 1.24. The van der Waals surface area contributed by atoms with Gasteiger partial charge in [-0.25, -0.2) is 4.39 Å². The number of amides is 1. The number of hydrogen-bond acceptors (Lipinski definition) is 6. The zero-order valence-electron chi connectivity index (χ0n) is 22.9. The van der Waals surface area contributed by atoms with Gasteiger partial charge >= 0.3 is 0 Å². The summed E-state index contributed by atoms with van der Waals surface area (Å²) >= 11 is 12.4. The Bertz CT molecular complexity index is 1870. The maximum absolute atomic E-state index is 14.7. The van der Waals surface area contributed by atoms with Crippen LogP contribution in [0.25, 0.3) is 33.3 Å². The summed E-state index contributed by atoms with van der Waals surface area (Å²) in [5, 5.41) is 18.9. The molecule has 1 fully saturated rings. The highest BCUT2D eigenvalue weighted by molar-refractivity contribution is 6.36. The molecule has 0 saturated heterocycles.